The van der Waals surface area contributed by atoms with E-state index in [1.807, 2.05) is 12.1 Å². The van der Waals surface area contributed by atoms with Gasteiger partial charge in [0.1, 0.15) is 0 Å². The summed E-state index contributed by atoms with van der Waals surface area (Å²) in [6.45, 7) is 1.48. The first-order valence-electron chi connectivity index (χ1n) is 7.11. The molecule has 5 heteroatoms. The summed E-state index contributed by atoms with van der Waals surface area (Å²) in [4.78, 5) is 2.48. The normalized spacial score (nSPS) is 16.4. The Hall–Kier alpha value is -0.580. The molecule has 1 aromatic heterocycles. The predicted octanol–water partition coefficient (Wildman–Crippen LogP) is 4.72. The topological polar surface area (TPSA) is 29.3 Å². The fraction of sp³-hybridized carbons (Fsp3) is 0.375. The number of halogens is 2. The number of nitrogens with zero attached hydrogens (tertiary/aromatic N) is 1. The summed E-state index contributed by atoms with van der Waals surface area (Å²) >= 11 is 14.1. The van der Waals surface area contributed by atoms with Gasteiger partial charge in [-0.05, 0) is 52.9 Å². The van der Waals surface area contributed by atoms with E-state index in [1.54, 1.807) is 17.4 Å². The van der Waals surface area contributed by atoms with Gasteiger partial charge >= 0.3 is 0 Å². The van der Waals surface area contributed by atoms with Gasteiger partial charge in [0.05, 0.1) is 0 Å². The van der Waals surface area contributed by atoms with E-state index in [4.69, 9.17) is 28.9 Å². The second kappa shape index (κ2) is 6.67. The van der Waals surface area contributed by atoms with Gasteiger partial charge in [-0.1, -0.05) is 29.3 Å². The van der Waals surface area contributed by atoms with E-state index in [0.29, 0.717) is 22.6 Å². The van der Waals surface area contributed by atoms with E-state index in [-0.39, 0.29) is 6.04 Å². The zero-order chi connectivity index (χ0) is 14.8. The molecule has 0 radical (unpaired) electrons. The summed E-state index contributed by atoms with van der Waals surface area (Å²) in [6.07, 6.45) is 2.48. The standard InChI is InChI=1S/C16H18Cl2N2S/c17-12-1-4-14(15(18)7-12)16(8-19)20(13-2-3-13)9-11-5-6-21-10-11/h1,4-7,10,13,16H,2-3,8-9,19H2. The van der Waals surface area contributed by atoms with E-state index >= 15 is 0 Å². The molecule has 1 atom stereocenters. The molecule has 112 valence electrons. The minimum atomic E-state index is 0.141. The average molecular weight is 341 g/mol. The van der Waals surface area contributed by atoms with Gasteiger partial charge in [-0.25, -0.2) is 0 Å². The highest BCUT2D eigenvalue weighted by molar-refractivity contribution is 7.07. The Labute approximate surface area is 139 Å². The van der Waals surface area contributed by atoms with E-state index in [1.165, 1.54) is 18.4 Å². The lowest BCUT2D eigenvalue weighted by molar-refractivity contribution is 0.182. The van der Waals surface area contributed by atoms with Gasteiger partial charge < -0.3 is 5.73 Å². The smallest absolute Gasteiger partial charge is 0.0491 e. The van der Waals surface area contributed by atoms with Gasteiger partial charge in [0.15, 0.2) is 0 Å². The lowest BCUT2D eigenvalue weighted by Crippen LogP contribution is -2.35. The number of benzene rings is 1. The Balaban J connectivity index is 1.88. The zero-order valence-electron chi connectivity index (χ0n) is 11.6. The van der Waals surface area contributed by atoms with Gasteiger partial charge in [-0.2, -0.15) is 11.3 Å². The molecule has 0 bridgehead atoms. The second-order valence-corrected chi connectivity index (χ2v) is 7.08. The number of nitrogens with two attached hydrogens (primary N) is 1. The Morgan fingerprint density at radius 2 is 2.10 bits per heavy atom. The summed E-state index contributed by atoms with van der Waals surface area (Å²) in [5.41, 5.74) is 8.49. The molecule has 0 aliphatic heterocycles. The largest absolute Gasteiger partial charge is 0.329 e. The first-order valence-corrected chi connectivity index (χ1v) is 8.80. The maximum Gasteiger partial charge on any atom is 0.0491 e. The molecule has 2 nitrogen and oxygen atoms in total. The molecule has 1 aliphatic carbocycles. The third kappa shape index (κ3) is 3.61. The number of hydrogen-bond acceptors (Lipinski definition) is 3. The second-order valence-electron chi connectivity index (χ2n) is 5.45. The van der Waals surface area contributed by atoms with Crippen LogP contribution in [0, 0.1) is 0 Å². The molecule has 1 unspecified atom stereocenters. The maximum absolute atomic E-state index is 6.39. The van der Waals surface area contributed by atoms with Crippen molar-refractivity contribution in [3.63, 3.8) is 0 Å². The molecular weight excluding hydrogens is 323 g/mol. The molecule has 3 rings (SSSR count). The Bertz CT molecular complexity index is 596. The van der Waals surface area contributed by atoms with Crippen LogP contribution in [0.1, 0.15) is 30.0 Å². The lowest BCUT2D eigenvalue weighted by atomic mass is 10.0. The molecule has 2 N–H and O–H groups in total. The van der Waals surface area contributed by atoms with Crippen molar-refractivity contribution in [3.05, 3.63) is 56.2 Å². The molecule has 1 heterocycles. The Morgan fingerprint density at radius 3 is 2.67 bits per heavy atom. The van der Waals surface area contributed by atoms with Crippen LogP contribution in [0.3, 0.4) is 0 Å². The summed E-state index contributed by atoms with van der Waals surface area (Å²) in [6, 6.07) is 8.63. The van der Waals surface area contributed by atoms with Crippen molar-refractivity contribution in [3.8, 4) is 0 Å². The molecule has 1 aromatic carbocycles. The van der Waals surface area contributed by atoms with Crippen molar-refractivity contribution in [1.29, 1.82) is 0 Å². The van der Waals surface area contributed by atoms with Crippen LogP contribution >= 0.6 is 34.5 Å². The first kappa shape index (κ1) is 15.3. The van der Waals surface area contributed by atoms with Crippen molar-refractivity contribution < 1.29 is 0 Å². The molecule has 1 aliphatic rings. The van der Waals surface area contributed by atoms with Gasteiger partial charge in [-0.15, -0.1) is 0 Å². The van der Waals surface area contributed by atoms with Crippen LogP contribution < -0.4 is 5.73 Å². The van der Waals surface area contributed by atoms with Crippen molar-refractivity contribution in [1.82, 2.24) is 4.90 Å². The van der Waals surface area contributed by atoms with Gasteiger partial charge in [0.2, 0.25) is 0 Å². The van der Waals surface area contributed by atoms with E-state index in [2.05, 4.69) is 21.7 Å². The average Bonchev–Trinajstić information content (AvgIpc) is 3.18. The highest BCUT2D eigenvalue weighted by Crippen LogP contribution is 2.38. The third-order valence-corrected chi connectivity index (χ3v) is 5.20. The fourth-order valence-electron chi connectivity index (χ4n) is 2.71. The highest BCUT2D eigenvalue weighted by Gasteiger charge is 2.34. The fourth-order valence-corrected chi connectivity index (χ4v) is 3.90. The van der Waals surface area contributed by atoms with Crippen LogP contribution in [0.15, 0.2) is 35.0 Å². The first-order chi connectivity index (χ1) is 10.2. The van der Waals surface area contributed by atoms with Crippen LogP contribution in [0.2, 0.25) is 10.0 Å². The number of hydrogen-bond donors (Lipinski definition) is 1. The molecule has 1 fully saturated rings. The van der Waals surface area contributed by atoms with Crippen LogP contribution in [-0.2, 0) is 6.54 Å². The summed E-state index contributed by atoms with van der Waals surface area (Å²) in [5.74, 6) is 0. The molecule has 1 saturated carbocycles. The minimum absolute atomic E-state index is 0.141. The van der Waals surface area contributed by atoms with E-state index in [0.717, 1.165) is 12.1 Å². The lowest BCUT2D eigenvalue weighted by Gasteiger charge is -2.31. The Kier molecular flexibility index (Phi) is 4.87. The van der Waals surface area contributed by atoms with E-state index < -0.39 is 0 Å². The molecular formula is C16H18Cl2N2S. The van der Waals surface area contributed by atoms with Crippen LogP contribution in [-0.4, -0.2) is 17.5 Å². The van der Waals surface area contributed by atoms with Gasteiger partial charge in [0, 0.05) is 35.2 Å². The quantitative estimate of drug-likeness (QED) is 0.824. The van der Waals surface area contributed by atoms with E-state index in [9.17, 15) is 0 Å². The van der Waals surface area contributed by atoms with Gasteiger partial charge in [-0.3, -0.25) is 4.90 Å². The van der Waals surface area contributed by atoms with Crippen LogP contribution in [0.5, 0.6) is 0 Å². The molecule has 0 spiro atoms. The molecule has 21 heavy (non-hydrogen) atoms. The van der Waals surface area contributed by atoms with Crippen molar-refractivity contribution in [2.75, 3.05) is 6.54 Å². The van der Waals surface area contributed by atoms with Crippen molar-refractivity contribution >= 4 is 34.5 Å². The highest BCUT2D eigenvalue weighted by atomic mass is 35.5. The molecule has 0 amide bonds. The number of thiophene rings is 1. The zero-order valence-corrected chi connectivity index (χ0v) is 14.0. The van der Waals surface area contributed by atoms with Gasteiger partial charge in [0.25, 0.3) is 0 Å². The SMILES string of the molecule is NCC(c1ccc(Cl)cc1Cl)N(Cc1ccsc1)C1CC1. The maximum atomic E-state index is 6.39. The van der Waals surface area contributed by atoms with Crippen LogP contribution in [0.25, 0.3) is 0 Å². The number of rotatable bonds is 6. The Morgan fingerprint density at radius 1 is 1.29 bits per heavy atom. The molecule has 0 saturated heterocycles. The molecule has 2 aromatic rings. The summed E-state index contributed by atoms with van der Waals surface area (Å²) in [5, 5.41) is 5.68. The third-order valence-electron chi connectivity index (χ3n) is 3.91. The summed E-state index contributed by atoms with van der Waals surface area (Å²) in [7, 11) is 0. The predicted molar refractivity (Wildman–Crippen MR) is 91.1 cm³/mol. The summed E-state index contributed by atoms with van der Waals surface area (Å²) < 4.78 is 0. The minimum Gasteiger partial charge on any atom is -0.329 e. The monoisotopic (exact) mass is 340 g/mol. The van der Waals surface area contributed by atoms with Crippen LogP contribution in [0.4, 0.5) is 0 Å². The van der Waals surface area contributed by atoms with Crippen molar-refractivity contribution in [2.45, 2.75) is 31.5 Å². The van der Waals surface area contributed by atoms with Crippen molar-refractivity contribution in [2.24, 2.45) is 5.73 Å².